The third-order valence-corrected chi connectivity index (χ3v) is 4.05. The van der Waals surface area contributed by atoms with E-state index >= 15 is 0 Å². The molecule has 0 radical (unpaired) electrons. The van der Waals surface area contributed by atoms with Crippen molar-refractivity contribution in [3.8, 4) is 5.75 Å². The third-order valence-electron chi connectivity index (χ3n) is 3.22. The number of aryl methyl sites for hydroxylation is 1. The predicted octanol–water partition coefficient (Wildman–Crippen LogP) is 3.98. The molecule has 0 aromatic heterocycles. The van der Waals surface area contributed by atoms with Crippen LogP contribution < -0.4 is 9.64 Å². The van der Waals surface area contributed by atoms with E-state index in [-0.39, 0.29) is 6.23 Å². The normalized spacial score (nSPS) is 19.0. The molecule has 1 aliphatic rings. The van der Waals surface area contributed by atoms with Crippen molar-refractivity contribution in [1.29, 1.82) is 0 Å². The molecule has 0 amide bonds. The van der Waals surface area contributed by atoms with E-state index in [1.54, 1.807) is 14.2 Å². The van der Waals surface area contributed by atoms with Gasteiger partial charge in [0.05, 0.1) is 7.11 Å². The van der Waals surface area contributed by atoms with Gasteiger partial charge in [-0.3, -0.25) is 0 Å². The second-order valence-electron chi connectivity index (χ2n) is 4.51. The van der Waals surface area contributed by atoms with Crippen LogP contribution >= 0.6 is 15.9 Å². The summed E-state index contributed by atoms with van der Waals surface area (Å²) in [6.45, 7) is 4.13. The van der Waals surface area contributed by atoms with Crippen molar-refractivity contribution in [2.45, 2.75) is 20.1 Å². The zero-order valence-corrected chi connectivity index (χ0v) is 13.2. The van der Waals surface area contributed by atoms with Gasteiger partial charge in [0.1, 0.15) is 5.75 Å². The van der Waals surface area contributed by atoms with Crippen molar-refractivity contribution in [2.75, 3.05) is 19.1 Å². The monoisotopic (exact) mass is 323 g/mol. The van der Waals surface area contributed by atoms with Gasteiger partial charge in [0.2, 0.25) is 0 Å². The molecular weight excluding hydrogens is 306 g/mol. The first-order chi connectivity index (χ1) is 9.06. The molecule has 1 atom stereocenters. The maximum atomic E-state index is 5.54. The number of rotatable bonds is 3. The lowest BCUT2D eigenvalue weighted by Gasteiger charge is -2.32. The molecule has 1 unspecified atom stereocenters. The van der Waals surface area contributed by atoms with Gasteiger partial charge in [-0.05, 0) is 65.2 Å². The number of benzene rings is 1. The fourth-order valence-corrected chi connectivity index (χ4v) is 2.46. The summed E-state index contributed by atoms with van der Waals surface area (Å²) in [7, 11) is 3.39. The topological polar surface area (TPSA) is 21.7 Å². The Balaban J connectivity index is 2.40. The quantitative estimate of drug-likeness (QED) is 0.839. The zero-order valence-electron chi connectivity index (χ0n) is 11.6. The average Bonchev–Trinajstić information content (AvgIpc) is 2.41. The summed E-state index contributed by atoms with van der Waals surface area (Å²) in [6.07, 6.45) is 4.06. The minimum atomic E-state index is -0.0894. The van der Waals surface area contributed by atoms with Crippen LogP contribution in [0.25, 0.3) is 0 Å². The molecule has 0 saturated heterocycles. The number of anilines is 1. The fraction of sp³-hybridized carbons (Fsp3) is 0.333. The number of methoxy groups -OCH3 is 2. The van der Waals surface area contributed by atoms with Crippen LogP contribution in [0.5, 0.6) is 5.75 Å². The molecule has 102 valence electrons. The highest BCUT2D eigenvalue weighted by atomic mass is 79.9. The Morgan fingerprint density at radius 2 is 1.95 bits per heavy atom. The molecule has 1 heterocycles. The van der Waals surface area contributed by atoms with Crippen molar-refractivity contribution in [2.24, 2.45) is 0 Å². The Labute approximate surface area is 122 Å². The second kappa shape index (κ2) is 5.80. The van der Waals surface area contributed by atoms with Crippen molar-refractivity contribution >= 4 is 21.6 Å². The number of hydrogen-bond donors (Lipinski definition) is 0. The van der Waals surface area contributed by atoms with Gasteiger partial charge in [0, 0.05) is 23.5 Å². The van der Waals surface area contributed by atoms with Gasteiger partial charge in [-0.2, -0.15) is 0 Å². The summed E-state index contributed by atoms with van der Waals surface area (Å²) in [5.41, 5.74) is 3.42. The van der Waals surface area contributed by atoms with Crippen molar-refractivity contribution in [3.05, 3.63) is 46.1 Å². The maximum absolute atomic E-state index is 5.54. The maximum Gasteiger partial charge on any atom is 0.153 e. The highest BCUT2D eigenvalue weighted by Crippen LogP contribution is 2.32. The van der Waals surface area contributed by atoms with Crippen LogP contribution in [0, 0.1) is 6.92 Å². The van der Waals surface area contributed by atoms with Gasteiger partial charge in [-0.1, -0.05) is 0 Å². The third kappa shape index (κ3) is 2.85. The van der Waals surface area contributed by atoms with Crippen LogP contribution in [0.15, 0.2) is 40.5 Å². The summed E-state index contributed by atoms with van der Waals surface area (Å²) in [5, 5.41) is 0. The van der Waals surface area contributed by atoms with E-state index < -0.39 is 0 Å². The Bertz CT molecular complexity index is 537. The molecule has 0 spiro atoms. The number of nitrogens with zero attached hydrogens (tertiary/aromatic N) is 1. The Morgan fingerprint density at radius 1 is 1.21 bits per heavy atom. The molecule has 0 aliphatic carbocycles. The summed E-state index contributed by atoms with van der Waals surface area (Å²) in [4.78, 5) is 2.10. The molecule has 3 nitrogen and oxygen atoms in total. The number of hydrogen-bond acceptors (Lipinski definition) is 3. The average molecular weight is 324 g/mol. The molecule has 19 heavy (non-hydrogen) atoms. The molecule has 0 fully saturated rings. The largest absolute Gasteiger partial charge is 0.497 e. The van der Waals surface area contributed by atoms with Gasteiger partial charge < -0.3 is 14.4 Å². The van der Waals surface area contributed by atoms with Crippen molar-refractivity contribution in [1.82, 2.24) is 0 Å². The van der Waals surface area contributed by atoms with Gasteiger partial charge in [-0.25, -0.2) is 0 Å². The molecule has 2 rings (SSSR count). The lowest BCUT2D eigenvalue weighted by atomic mass is 10.1. The van der Waals surface area contributed by atoms with Crippen LogP contribution in [0.4, 0.5) is 5.69 Å². The van der Waals surface area contributed by atoms with Crippen LogP contribution in [0.3, 0.4) is 0 Å². The molecule has 4 heteroatoms. The summed E-state index contributed by atoms with van der Waals surface area (Å²) < 4.78 is 11.8. The summed E-state index contributed by atoms with van der Waals surface area (Å²) >= 11 is 3.57. The van der Waals surface area contributed by atoms with Crippen molar-refractivity contribution in [3.63, 3.8) is 0 Å². The van der Waals surface area contributed by atoms with E-state index in [2.05, 4.69) is 47.0 Å². The van der Waals surface area contributed by atoms with Crippen molar-refractivity contribution < 1.29 is 9.47 Å². The minimum absolute atomic E-state index is 0.0894. The van der Waals surface area contributed by atoms with Gasteiger partial charge >= 0.3 is 0 Å². The first kappa shape index (κ1) is 14.2. The predicted molar refractivity (Wildman–Crippen MR) is 81.8 cm³/mol. The Morgan fingerprint density at radius 3 is 2.53 bits per heavy atom. The number of allylic oxidation sites excluding steroid dienone is 2. The molecular formula is C15H18BrNO2. The van der Waals surface area contributed by atoms with E-state index in [1.807, 2.05) is 18.2 Å². The number of halogens is 1. The summed E-state index contributed by atoms with van der Waals surface area (Å²) in [6, 6.07) is 6.03. The first-order valence-corrected chi connectivity index (χ1v) is 6.88. The van der Waals surface area contributed by atoms with Gasteiger partial charge in [0.25, 0.3) is 0 Å². The second-order valence-corrected chi connectivity index (χ2v) is 5.37. The van der Waals surface area contributed by atoms with Gasteiger partial charge in [0.15, 0.2) is 6.23 Å². The number of ether oxygens (including phenoxy) is 2. The van der Waals surface area contributed by atoms with E-state index in [4.69, 9.17) is 9.47 Å². The fourth-order valence-electron chi connectivity index (χ4n) is 2.10. The Kier molecular flexibility index (Phi) is 4.32. The zero-order chi connectivity index (χ0) is 14.0. The minimum Gasteiger partial charge on any atom is -0.497 e. The molecule has 1 aromatic rings. The molecule has 1 aliphatic heterocycles. The van der Waals surface area contributed by atoms with E-state index in [0.717, 1.165) is 21.5 Å². The Hall–Kier alpha value is -1.26. The molecule has 0 saturated carbocycles. The van der Waals surface area contributed by atoms with Crippen LogP contribution in [0.1, 0.15) is 12.5 Å². The van der Waals surface area contributed by atoms with Crippen LogP contribution in [-0.2, 0) is 4.74 Å². The van der Waals surface area contributed by atoms with Crippen LogP contribution in [-0.4, -0.2) is 20.4 Å². The van der Waals surface area contributed by atoms with E-state index in [0.29, 0.717) is 0 Å². The molecule has 1 aromatic carbocycles. The van der Waals surface area contributed by atoms with Gasteiger partial charge in [-0.15, -0.1) is 0 Å². The SMILES string of the molecule is COc1ccc(N2C=C(Br)C(C)=CC2OC)c(C)c1. The van der Waals surface area contributed by atoms with E-state index in [1.165, 1.54) is 5.57 Å². The highest BCUT2D eigenvalue weighted by molar-refractivity contribution is 9.12. The standard InChI is InChI=1S/C15H18BrNO2/c1-10-8-15(19-4)17(9-13(10)16)14-6-5-12(18-3)7-11(14)2/h5-9,15H,1-4H3. The lowest BCUT2D eigenvalue weighted by Crippen LogP contribution is -2.33. The summed E-state index contributed by atoms with van der Waals surface area (Å²) in [5.74, 6) is 0.863. The molecule has 0 N–H and O–H groups in total. The highest BCUT2D eigenvalue weighted by Gasteiger charge is 2.21. The molecule has 0 bridgehead atoms. The van der Waals surface area contributed by atoms with Crippen LogP contribution in [0.2, 0.25) is 0 Å². The first-order valence-electron chi connectivity index (χ1n) is 6.08. The van der Waals surface area contributed by atoms with E-state index in [9.17, 15) is 0 Å². The lowest BCUT2D eigenvalue weighted by molar-refractivity contribution is 0.143. The smallest absolute Gasteiger partial charge is 0.153 e.